The fraction of sp³-hybridized carbons (Fsp3) is 0.143. The molecule has 0 aliphatic heterocycles. The van der Waals surface area contributed by atoms with Gasteiger partial charge in [-0.2, -0.15) is 0 Å². The summed E-state index contributed by atoms with van der Waals surface area (Å²) in [4.78, 5) is 12.6. The third-order valence-corrected chi connectivity index (χ3v) is 1.44. The quantitative estimate of drug-likeness (QED) is 0.329. The van der Waals surface area contributed by atoms with Crippen molar-refractivity contribution in [3.8, 4) is 0 Å². The molecule has 0 bridgehead atoms. The predicted molar refractivity (Wildman–Crippen MR) is 54.3 cm³/mol. The summed E-state index contributed by atoms with van der Waals surface area (Å²) in [6.45, 7) is 1.73. The van der Waals surface area contributed by atoms with Gasteiger partial charge in [-0.05, 0) is 12.5 Å². The molecule has 1 aromatic carbocycles. The molecule has 1 aromatic rings. The summed E-state index contributed by atoms with van der Waals surface area (Å²) >= 11 is -0.931. The number of diazo groups is 1. The van der Waals surface area contributed by atoms with Gasteiger partial charge in [0.2, 0.25) is 5.39 Å². The Bertz CT molecular complexity index is 397. The van der Waals surface area contributed by atoms with Crippen LogP contribution in [0.5, 0.6) is 0 Å². The minimum absolute atomic E-state index is 0. The standard InChI is InChI=1S/C7H6N3O2.3ClH.Zn/c1-5-2-3-6(9-8)7(4-5)10(11)12;;;;/h2-4H,1H3;3*1H;/q+1;;;;+2/p-3. The van der Waals surface area contributed by atoms with Crippen molar-refractivity contribution < 1.29 is 32.5 Å². The number of nitro groups is 1. The number of benzene rings is 1. The molecule has 0 heterocycles. The topological polar surface area (TPSA) is 71.3 Å². The van der Waals surface area contributed by atoms with Gasteiger partial charge in [0.15, 0.2) is 4.98 Å². The molecule has 0 unspecified atom stereocenters. The average molecular weight is 336 g/mol. The van der Waals surface area contributed by atoms with Crippen LogP contribution in [0.15, 0.2) is 18.2 Å². The van der Waals surface area contributed by atoms with Crippen molar-refractivity contribution in [3.63, 3.8) is 0 Å². The van der Waals surface area contributed by atoms with E-state index in [1.54, 1.807) is 13.0 Å². The first-order chi connectivity index (χ1) is 7.06. The Morgan fingerprint density at radius 1 is 1.50 bits per heavy atom. The van der Waals surface area contributed by atoms with Crippen LogP contribution in [-0.2, 0) is 15.1 Å². The van der Waals surface area contributed by atoms with Gasteiger partial charge in [0.1, 0.15) is 0 Å². The maximum atomic E-state index is 10.4. The molecule has 0 spiro atoms. The molecule has 1 rings (SSSR count). The molecule has 0 N–H and O–H groups in total. The van der Waals surface area contributed by atoms with Gasteiger partial charge >= 0.3 is 45.9 Å². The molecule has 16 heavy (non-hydrogen) atoms. The van der Waals surface area contributed by atoms with E-state index in [0.29, 0.717) is 0 Å². The first-order valence-corrected chi connectivity index (χ1v) is 11.6. The summed E-state index contributed by atoms with van der Waals surface area (Å²) in [5.74, 6) is 0. The molecule has 0 aliphatic carbocycles. The second kappa shape index (κ2) is 9.74. The zero-order valence-electron chi connectivity index (χ0n) is 8.23. The van der Waals surface area contributed by atoms with Gasteiger partial charge in [0.05, 0.1) is 4.92 Å². The van der Waals surface area contributed by atoms with Crippen LogP contribution in [0.1, 0.15) is 5.56 Å². The van der Waals surface area contributed by atoms with Gasteiger partial charge in [-0.1, -0.05) is 6.07 Å². The molecular weight excluding hydrogens is 330 g/mol. The van der Waals surface area contributed by atoms with Crippen molar-refractivity contribution >= 4 is 30.8 Å². The second-order valence-electron chi connectivity index (χ2n) is 2.45. The number of nitrogens with zero attached hydrogens (tertiary/aromatic N) is 3. The maximum absolute atomic E-state index is 10.4. The Kier molecular flexibility index (Phi) is 10.9. The fourth-order valence-electron chi connectivity index (χ4n) is 0.864. The van der Waals surface area contributed by atoms with E-state index < -0.39 is 20.1 Å². The number of halogens is 3. The number of aryl methyl sites for hydroxylation is 1. The third-order valence-electron chi connectivity index (χ3n) is 1.44. The van der Waals surface area contributed by atoms with Crippen molar-refractivity contribution in [1.29, 1.82) is 5.39 Å². The molecule has 5 nitrogen and oxygen atoms in total. The normalized spacial score (nSPS) is 7.38. The Balaban J connectivity index is 0. The van der Waals surface area contributed by atoms with E-state index >= 15 is 0 Å². The molecule has 0 saturated carbocycles. The monoisotopic (exact) mass is 333 g/mol. The van der Waals surface area contributed by atoms with Gasteiger partial charge < -0.3 is 12.4 Å². The van der Waals surface area contributed by atoms with Crippen LogP contribution in [0.2, 0.25) is 0 Å². The Morgan fingerprint density at radius 3 is 2.38 bits per heavy atom. The van der Waals surface area contributed by atoms with E-state index in [1.807, 2.05) is 0 Å². The van der Waals surface area contributed by atoms with Gasteiger partial charge in [0.25, 0.3) is 0 Å². The van der Waals surface area contributed by atoms with Crippen molar-refractivity contribution in [2.45, 2.75) is 6.92 Å². The van der Waals surface area contributed by atoms with Crippen LogP contribution in [-0.4, -0.2) is 4.92 Å². The van der Waals surface area contributed by atoms with E-state index in [-0.39, 0.29) is 23.8 Å². The number of nitro benzene ring substituents is 1. The van der Waals surface area contributed by atoms with Gasteiger partial charge in [-0.15, -0.1) is 0 Å². The molecule has 0 aliphatic rings. The van der Waals surface area contributed by atoms with Crippen molar-refractivity contribution in [2.24, 2.45) is 0 Å². The van der Waals surface area contributed by atoms with Crippen LogP contribution in [0.4, 0.5) is 11.4 Å². The first-order valence-electron chi connectivity index (χ1n) is 3.78. The van der Waals surface area contributed by atoms with Gasteiger partial charge in [0, 0.05) is 12.1 Å². The molecule has 0 atom stereocenters. The summed E-state index contributed by atoms with van der Waals surface area (Å²) in [6.07, 6.45) is 0. The van der Waals surface area contributed by atoms with Crippen molar-refractivity contribution in [2.75, 3.05) is 0 Å². The van der Waals surface area contributed by atoms with Gasteiger partial charge in [-0.25, -0.2) is 0 Å². The van der Waals surface area contributed by atoms with Gasteiger partial charge in [-0.3, -0.25) is 10.1 Å². The summed E-state index contributed by atoms with van der Waals surface area (Å²) < 4.78 is 0. The molecule has 0 saturated heterocycles. The molecular formula is C7H6Cl3N3O2Zn. The van der Waals surface area contributed by atoms with E-state index in [4.69, 9.17) is 24.8 Å². The van der Waals surface area contributed by atoms with Crippen LogP contribution in [0, 0.1) is 22.4 Å². The van der Waals surface area contributed by atoms with E-state index in [0.717, 1.165) is 5.56 Å². The van der Waals surface area contributed by atoms with Crippen molar-refractivity contribution in [1.82, 2.24) is 0 Å². The zero-order chi connectivity index (χ0) is 11.8. The second-order valence-corrected chi connectivity index (χ2v) is 7.07. The minimum atomic E-state index is -0.931. The molecule has 0 amide bonds. The van der Waals surface area contributed by atoms with E-state index in [9.17, 15) is 10.1 Å². The SMILES string of the molecule is Cc1ccc([N+]#N)c([N+](=O)[O-])c1.[Cl-].[Cl][Zn][Cl]. The Labute approximate surface area is 114 Å². The summed E-state index contributed by atoms with van der Waals surface area (Å²) in [7, 11) is 9.90. The average Bonchev–Trinajstić information content (AvgIpc) is 2.19. The first kappa shape index (κ1) is 17.9. The van der Waals surface area contributed by atoms with Crippen molar-refractivity contribution in [3.05, 3.63) is 38.9 Å². The Hall–Kier alpha value is -0.467. The fourth-order valence-corrected chi connectivity index (χ4v) is 0.864. The van der Waals surface area contributed by atoms with Crippen LogP contribution < -0.4 is 12.4 Å². The number of hydrogen-bond acceptors (Lipinski definition) is 3. The third kappa shape index (κ3) is 6.19. The van der Waals surface area contributed by atoms with E-state index in [1.165, 1.54) is 12.1 Å². The van der Waals surface area contributed by atoms with E-state index in [2.05, 4.69) is 4.98 Å². The number of hydrogen-bond donors (Lipinski definition) is 0. The molecule has 0 radical (unpaired) electrons. The van der Waals surface area contributed by atoms with Crippen LogP contribution in [0.25, 0.3) is 4.98 Å². The summed E-state index contributed by atoms with van der Waals surface area (Å²) in [5, 5.41) is 18.7. The summed E-state index contributed by atoms with van der Waals surface area (Å²) in [5.41, 5.74) is 0.553. The Morgan fingerprint density at radius 2 is 2.00 bits per heavy atom. The van der Waals surface area contributed by atoms with Crippen LogP contribution in [0.3, 0.4) is 0 Å². The summed E-state index contributed by atoms with van der Waals surface area (Å²) in [6, 6.07) is 4.39. The zero-order valence-corrected chi connectivity index (χ0v) is 13.5. The molecule has 9 heteroatoms. The molecule has 0 fully saturated rings. The van der Waals surface area contributed by atoms with Crippen LogP contribution >= 0.6 is 19.4 Å². The molecule has 0 aromatic heterocycles. The molecule has 84 valence electrons. The predicted octanol–water partition coefficient (Wildman–Crippen LogP) is 0.768. The number of rotatable bonds is 1.